The number of carbonyl (C=O) groups is 1. The summed E-state index contributed by atoms with van der Waals surface area (Å²) in [6.45, 7) is 1.37. The monoisotopic (exact) mass is 321 g/mol. The summed E-state index contributed by atoms with van der Waals surface area (Å²) in [5.74, 6) is -7.52. The lowest BCUT2D eigenvalue weighted by Crippen LogP contribution is -2.25. The van der Waals surface area contributed by atoms with Crippen LogP contribution in [0, 0.1) is 23.3 Å². The number of anilines is 1. The minimum Gasteiger partial charge on any atom is -0.319 e. The summed E-state index contributed by atoms with van der Waals surface area (Å²) in [6, 6.07) is -0.945. The summed E-state index contributed by atoms with van der Waals surface area (Å²) in [6.07, 6.45) is 2.57. The lowest BCUT2D eigenvalue weighted by Gasteiger charge is -2.14. The van der Waals surface area contributed by atoms with Crippen molar-refractivity contribution in [2.24, 2.45) is 0 Å². The number of benzene rings is 1. The molecule has 1 aromatic carbocycles. The summed E-state index contributed by atoms with van der Waals surface area (Å²) < 4.78 is 54.1. The molecular weight excluding hydrogens is 314 g/mol. The molecule has 0 saturated heterocycles. The Morgan fingerprint density at radius 1 is 1.29 bits per heavy atom. The van der Waals surface area contributed by atoms with Crippen molar-refractivity contribution in [1.29, 1.82) is 0 Å². The molecule has 0 radical (unpaired) electrons. The summed E-state index contributed by atoms with van der Waals surface area (Å²) in [5, 5.41) is 5.79. The first-order valence-electron chi connectivity index (χ1n) is 5.64. The Kier molecular flexibility index (Phi) is 4.17. The summed E-state index contributed by atoms with van der Waals surface area (Å²) in [4.78, 5) is 11.9. The zero-order chi connectivity index (χ0) is 15.7. The van der Waals surface area contributed by atoms with Crippen LogP contribution < -0.4 is 5.32 Å². The van der Waals surface area contributed by atoms with Gasteiger partial charge in [-0.3, -0.25) is 9.48 Å². The first kappa shape index (κ1) is 15.3. The van der Waals surface area contributed by atoms with Gasteiger partial charge in [-0.15, -0.1) is 0 Å². The molecule has 0 aliphatic carbocycles. The number of carbonyl (C=O) groups excluding carboxylic acids is 1. The lowest BCUT2D eigenvalue weighted by atomic mass is 10.2. The van der Waals surface area contributed by atoms with E-state index >= 15 is 0 Å². The first-order chi connectivity index (χ1) is 9.81. The van der Waals surface area contributed by atoms with Gasteiger partial charge in [0.15, 0.2) is 23.3 Å². The maximum Gasteiger partial charge on any atom is 0.249 e. The first-order valence-corrected chi connectivity index (χ1v) is 6.02. The van der Waals surface area contributed by atoms with Gasteiger partial charge in [-0.1, -0.05) is 11.6 Å². The van der Waals surface area contributed by atoms with Gasteiger partial charge in [0, 0.05) is 12.3 Å². The second-order valence-corrected chi connectivity index (χ2v) is 4.58. The van der Waals surface area contributed by atoms with E-state index < -0.39 is 40.9 Å². The smallest absolute Gasteiger partial charge is 0.249 e. The van der Waals surface area contributed by atoms with Crippen molar-refractivity contribution >= 4 is 23.2 Å². The van der Waals surface area contributed by atoms with Crippen LogP contribution in [0.2, 0.25) is 5.02 Å². The Morgan fingerprint density at radius 3 is 2.33 bits per heavy atom. The van der Waals surface area contributed by atoms with Crippen molar-refractivity contribution in [3.05, 3.63) is 46.8 Å². The number of hydrogen-bond donors (Lipinski definition) is 1. The summed E-state index contributed by atoms with van der Waals surface area (Å²) >= 11 is 5.63. The highest BCUT2D eigenvalue weighted by Gasteiger charge is 2.24. The van der Waals surface area contributed by atoms with Gasteiger partial charge >= 0.3 is 0 Å². The van der Waals surface area contributed by atoms with Crippen LogP contribution in [0.15, 0.2) is 18.5 Å². The Morgan fingerprint density at radius 2 is 1.86 bits per heavy atom. The predicted octanol–water partition coefficient (Wildman–Crippen LogP) is 3.29. The largest absolute Gasteiger partial charge is 0.319 e. The molecule has 9 heteroatoms. The Labute approximate surface area is 121 Å². The lowest BCUT2D eigenvalue weighted by molar-refractivity contribution is -0.119. The molecule has 0 bridgehead atoms. The van der Waals surface area contributed by atoms with Gasteiger partial charge in [-0.2, -0.15) is 5.10 Å². The van der Waals surface area contributed by atoms with Crippen LogP contribution in [-0.4, -0.2) is 15.7 Å². The number of nitrogens with one attached hydrogen (secondary N) is 1. The molecule has 4 nitrogen and oxygen atoms in total. The van der Waals surface area contributed by atoms with E-state index in [4.69, 9.17) is 11.6 Å². The number of hydrogen-bond acceptors (Lipinski definition) is 2. The summed E-state index contributed by atoms with van der Waals surface area (Å²) in [5.41, 5.74) is -1.19. The van der Waals surface area contributed by atoms with Crippen LogP contribution >= 0.6 is 11.6 Å². The van der Waals surface area contributed by atoms with E-state index in [1.165, 1.54) is 19.3 Å². The highest BCUT2D eigenvalue weighted by atomic mass is 35.5. The van der Waals surface area contributed by atoms with Crippen molar-refractivity contribution < 1.29 is 22.4 Å². The zero-order valence-corrected chi connectivity index (χ0v) is 11.3. The Balaban J connectivity index is 2.28. The highest BCUT2D eigenvalue weighted by Crippen LogP contribution is 2.25. The van der Waals surface area contributed by atoms with Crippen molar-refractivity contribution in [1.82, 2.24) is 9.78 Å². The van der Waals surface area contributed by atoms with Crippen molar-refractivity contribution in [2.75, 3.05) is 5.32 Å². The van der Waals surface area contributed by atoms with E-state index in [9.17, 15) is 22.4 Å². The minimum absolute atomic E-state index is 0.0526. The van der Waals surface area contributed by atoms with Crippen LogP contribution in [0.3, 0.4) is 0 Å². The Hall–Kier alpha value is -2.09. The molecule has 1 N–H and O–H groups in total. The second kappa shape index (κ2) is 5.72. The molecule has 2 aromatic rings. The SMILES string of the molecule is CC(C(=O)Nc1c(F)c(F)cc(F)c1F)n1cc(Cl)cn1. The van der Waals surface area contributed by atoms with Crippen molar-refractivity contribution in [3.63, 3.8) is 0 Å². The standard InChI is InChI=1S/C12H8ClF4N3O/c1-5(20-4-6(13)3-18-20)12(21)19-11-9(16)7(14)2-8(15)10(11)17/h2-5H,1H3,(H,19,21). The molecule has 1 heterocycles. The number of halogens is 5. The highest BCUT2D eigenvalue weighted by molar-refractivity contribution is 6.30. The molecule has 0 aliphatic heterocycles. The van der Waals surface area contributed by atoms with Gasteiger partial charge in [0.05, 0.1) is 11.2 Å². The predicted molar refractivity (Wildman–Crippen MR) is 66.9 cm³/mol. The maximum absolute atomic E-state index is 13.4. The molecule has 21 heavy (non-hydrogen) atoms. The third-order valence-corrected chi connectivity index (χ3v) is 2.90. The van der Waals surface area contributed by atoms with Crippen molar-refractivity contribution in [3.8, 4) is 0 Å². The molecule has 1 amide bonds. The van der Waals surface area contributed by atoms with Crippen molar-refractivity contribution in [2.45, 2.75) is 13.0 Å². The molecule has 1 atom stereocenters. The van der Waals surface area contributed by atoms with Crippen LogP contribution in [0.25, 0.3) is 0 Å². The quantitative estimate of drug-likeness (QED) is 0.696. The van der Waals surface area contributed by atoms with Gasteiger partial charge in [-0.25, -0.2) is 17.6 Å². The minimum atomic E-state index is -1.69. The fourth-order valence-corrected chi connectivity index (χ4v) is 1.70. The third-order valence-electron chi connectivity index (χ3n) is 2.71. The van der Waals surface area contributed by atoms with Gasteiger partial charge in [0.2, 0.25) is 5.91 Å². The molecule has 1 aromatic heterocycles. The average molecular weight is 322 g/mol. The zero-order valence-electron chi connectivity index (χ0n) is 10.5. The van der Waals surface area contributed by atoms with Gasteiger partial charge < -0.3 is 5.32 Å². The van der Waals surface area contributed by atoms with E-state index in [-0.39, 0.29) is 11.1 Å². The van der Waals surface area contributed by atoms with E-state index in [0.717, 1.165) is 4.68 Å². The molecule has 0 fully saturated rings. The van der Waals surface area contributed by atoms with Crippen LogP contribution in [0.4, 0.5) is 23.2 Å². The third kappa shape index (κ3) is 2.99. The number of nitrogens with zero attached hydrogens (tertiary/aromatic N) is 2. The normalized spacial score (nSPS) is 12.3. The maximum atomic E-state index is 13.4. The van der Waals surface area contributed by atoms with E-state index in [1.807, 2.05) is 0 Å². The molecule has 0 aliphatic rings. The Bertz CT molecular complexity index is 678. The molecule has 1 unspecified atom stereocenters. The molecule has 0 spiro atoms. The fourth-order valence-electron chi connectivity index (χ4n) is 1.56. The van der Waals surface area contributed by atoms with Gasteiger partial charge in [0.25, 0.3) is 0 Å². The topological polar surface area (TPSA) is 46.9 Å². The van der Waals surface area contributed by atoms with Gasteiger partial charge in [-0.05, 0) is 6.92 Å². The second-order valence-electron chi connectivity index (χ2n) is 4.15. The average Bonchev–Trinajstić information content (AvgIpc) is 2.87. The molecular formula is C12H8ClF4N3O. The number of rotatable bonds is 3. The van der Waals surface area contributed by atoms with Crippen LogP contribution in [0.1, 0.15) is 13.0 Å². The summed E-state index contributed by atoms with van der Waals surface area (Å²) in [7, 11) is 0. The van der Waals surface area contributed by atoms with E-state index in [2.05, 4.69) is 5.10 Å². The molecule has 112 valence electrons. The van der Waals surface area contributed by atoms with E-state index in [0.29, 0.717) is 0 Å². The number of amides is 1. The molecule has 2 rings (SSSR count). The number of aromatic nitrogens is 2. The van der Waals surface area contributed by atoms with E-state index in [1.54, 1.807) is 5.32 Å². The van der Waals surface area contributed by atoms with Crippen LogP contribution in [0.5, 0.6) is 0 Å². The van der Waals surface area contributed by atoms with Gasteiger partial charge in [0.1, 0.15) is 11.7 Å². The molecule has 0 saturated carbocycles. The van der Waals surface area contributed by atoms with Crippen LogP contribution in [-0.2, 0) is 4.79 Å². The fraction of sp³-hybridized carbons (Fsp3) is 0.167.